The maximum Gasteiger partial charge on any atom is 0.243 e. The summed E-state index contributed by atoms with van der Waals surface area (Å²) in [6.45, 7) is 0.124. The zero-order valence-corrected chi connectivity index (χ0v) is 15.3. The van der Waals surface area contributed by atoms with Crippen molar-refractivity contribution in [2.45, 2.75) is 0 Å². The molecule has 128 valence electrons. The smallest absolute Gasteiger partial charge is 0.243 e. The summed E-state index contributed by atoms with van der Waals surface area (Å²) < 4.78 is 16.7. The predicted octanol–water partition coefficient (Wildman–Crippen LogP) is 3.53. The Morgan fingerprint density at radius 3 is 2.21 bits per heavy atom. The molecule has 0 aliphatic rings. The predicted molar refractivity (Wildman–Crippen MR) is 97.4 cm³/mol. The Labute approximate surface area is 149 Å². The van der Waals surface area contributed by atoms with Crippen LogP contribution in [-0.2, 0) is 4.79 Å². The average molecular weight is 395 g/mol. The molecule has 24 heavy (non-hydrogen) atoms. The lowest BCUT2D eigenvalue weighted by molar-refractivity contribution is -0.114. The highest BCUT2D eigenvalue weighted by molar-refractivity contribution is 9.10. The van der Waals surface area contributed by atoms with Gasteiger partial charge in [0.2, 0.25) is 11.7 Å². The molecule has 0 aliphatic carbocycles. The van der Waals surface area contributed by atoms with E-state index >= 15 is 0 Å². The van der Waals surface area contributed by atoms with Gasteiger partial charge in [0.15, 0.2) is 11.5 Å². The van der Waals surface area contributed by atoms with Crippen LogP contribution < -0.4 is 24.8 Å². The first-order valence-electron chi connectivity index (χ1n) is 7.17. The minimum Gasteiger partial charge on any atom is -0.493 e. The van der Waals surface area contributed by atoms with Crippen LogP contribution >= 0.6 is 15.9 Å². The Kier molecular flexibility index (Phi) is 6.31. The number of methoxy groups -OCH3 is 3. The van der Waals surface area contributed by atoms with Gasteiger partial charge in [0, 0.05) is 28.0 Å². The number of benzene rings is 2. The molecule has 0 spiro atoms. The molecule has 1 amide bonds. The van der Waals surface area contributed by atoms with Crippen LogP contribution in [0, 0.1) is 0 Å². The number of hydrogen-bond acceptors (Lipinski definition) is 5. The van der Waals surface area contributed by atoms with Crippen molar-refractivity contribution < 1.29 is 19.0 Å². The molecule has 6 nitrogen and oxygen atoms in total. The van der Waals surface area contributed by atoms with E-state index in [-0.39, 0.29) is 12.5 Å². The molecule has 0 atom stereocenters. The zero-order valence-electron chi connectivity index (χ0n) is 13.7. The topological polar surface area (TPSA) is 68.8 Å². The third-order valence-electron chi connectivity index (χ3n) is 3.26. The Morgan fingerprint density at radius 1 is 1.04 bits per heavy atom. The number of hydrogen-bond donors (Lipinski definition) is 2. The van der Waals surface area contributed by atoms with E-state index in [0.29, 0.717) is 22.9 Å². The highest BCUT2D eigenvalue weighted by Gasteiger charge is 2.14. The summed E-state index contributed by atoms with van der Waals surface area (Å²) in [7, 11) is 4.58. The van der Waals surface area contributed by atoms with Crippen LogP contribution in [0.1, 0.15) is 0 Å². The molecule has 2 aromatic carbocycles. The van der Waals surface area contributed by atoms with Crippen molar-refractivity contribution >= 4 is 33.2 Å². The largest absolute Gasteiger partial charge is 0.493 e. The van der Waals surface area contributed by atoms with Gasteiger partial charge in [-0.1, -0.05) is 12.1 Å². The van der Waals surface area contributed by atoms with E-state index in [1.165, 1.54) is 21.3 Å². The average Bonchev–Trinajstić information content (AvgIpc) is 2.60. The number of carbonyl (C=O) groups is 1. The van der Waals surface area contributed by atoms with Crippen molar-refractivity contribution in [2.75, 3.05) is 38.5 Å². The number of halogens is 1. The number of rotatable bonds is 7. The Balaban J connectivity index is 2.07. The first kappa shape index (κ1) is 17.9. The number of amides is 1. The second-order valence-electron chi connectivity index (χ2n) is 4.80. The molecule has 2 N–H and O–H groups in total. The molecule has 0 bridgehead atoms. The van der Waals surface area contributed by atoms with Crippen molar-refractivity contribution in [3.05, 3.63) is 40.9 Å². The normalized spacial score (nSPS) is 10.0. The van der Waals surface area contributed by atoms with E-state index in [0.717, 1.165) is 10.2 Å². The summed E-state index contributed by atoms with van der Waals surface area (Å²) in [5.41, 5.74) is 1.40. The molecular weight excluding hydrogens is 376 g/mol. The van der Waals surface area contributed by atoms with E-state index < -0.39 is 0 Å². The third-order valence-corrected chi connectivity index (χ3v) is 3.95. The van der Waals surface area contributed by atoms with Crippen molar-refractivity contribution in [2.24, 2.45) is 0 Å². The highest BCUT2D eigenvalue weighted by atomic mass is 79.9. The van der Waals surface area contributed by atoms with Crippen LogP contribution in [0.4, 0.5) is 11.4 Å². The maximum atomic E-state index is 12.1. The number of ether oxygens (including phenoxy) is 3. The Hall–Kier alpha value is -2.41. The molecule has 0 aromatic heterocycles. The van der Waals surface area contributed by atoms with Gasteiger partial charge in [-0.3, -0.25) is 4.79 Å². The van der Waals surface area contributed by atoms with Crippen molar-refractivity contribution in [1.29, 1.82) is 0 Å². The van der Waals surface area contributed by atoms with Crippen LogP contribution in [0.5, 0.6) is 17.2 Å². The van der Waals surface area contributed by atoms with Gasteiger partial charge < -0.3 is 24.8 Å². The fourth-order valence-corrected chi connectivity index (χ4v) is 2.56. The molecule has 0 heterocycles. The van der Waals surface area contributed by atoms with Crippen molar-refractivity contribution in [3.8, 4) is 17.2 Å². The molecule has 0 radical (unpaired) electrons. The molecule has 2 aromatic rings. The van der Waals surface area contributed by atoms with Crippen molar-refractivity contribution in [3.63, 3.8) is 0 Å². The quantitative estimate of drug-likeness (QED) is 0.751. The number of para-hydroxylation sites is 1. The summed E-state index contributed by atoms with van der Waals surface area (Å²) in [5, 5.41) is 5.87. The van der Waals surface area contributed by atoms with E-state index in [1.54, 1.807) is 12.1 Å². The lowest BCUT2D eigenvalue weighted by atomic mass is 10.2. The number of nitrogens with one attached hydrogen (secondary N) is 2. The van der Waals surface area contributed by atoms with Gasteiger partial charge in [-0.25, -0.2) is 0 Å². The van der Waals surface area contributed by atoms with Crippen LogP contribution in [0.3, 0.4) is 0 Å². The third kappa shape index (κ3) is 4.32. The molecule has 0 unspecified atom stereocenters. The van der Waals surface area contributed by atoms with Gasteiger partial charge in [-0.05, 0) is 28.1 Å². The van der Waals surface area contributed by atoms with Crippen molar-refractivity contribution in [1.82, 2.24) is 0 Å². The Bertz CT molecular complexity index is 696. The first-order chi connectivity index (χ1) is 11.6. The summed E-state index contributed by atoms with van der Waals surface area (Å²) in [6, 6.07) is 10.9. The van der Waals surface area contributed by atoms with E-state index in [9.17, 15) is 4.79 Å². The fraction of sp³-hybridized carbons (Fsp3) is 0.235. The van der Waals surface area contributed by atoms with Gasteiger partial charge in [0.1, 0.15) is 0 Å². The summed E-state index contributed by atoms with van der Waals surface area (Å²) in [6.07, 6.45) is 0. The van der Waals surface area contributed by atoms with E-state index in [1.807, 2.05) is 24.3 Å². The molecule has 0 saturated heterocycles. The molecular formula is C17H19BrN2O4. The summed E-state index contributed by atoms with van der Waals surface area (Å²) >= 11 is 3.43. The highest BCUT2D eigenvalue weighted by Crippen LogP contribution is 2.39. The number of carbonyl (C=O) groups excluding carboxylic acids is 1. The minimum absolute atomic E-state index is 0.124. The standard InChI is InChI=1S/C17H19BrN2O4/c1-22-14-8-11(9-15(23-2)17(14)24-3)20-16(21)10-19-13-7-5-4-6-12(13)18/h4-9,19H,10H2,1-3H3,(H,20,21). The maximum absolute atomic E-state index is 12.1. The fourth-order valence-electron chi connectivity index (χ4n) is 2.14. The number of anilines is 2. The molecule has 0 saturated carbocycles. The second kappa shape index (κ2) is 8.44. The SMILES string of the molecule is COc1cc(NC(=O)CNc2ccccc2Br)cc(OC)c1OC. The van der Waals surface area contributed by atoms with Gasteiger partial charge >= 0.3 is 0 Å². The van der Waals surface area contributed by atoms with Gasteiger partial charge in [0.05, 0.1) is 27.9 Å². The second-order valence-corrected chi connectivity index (χ2v) is 5.65. The summed E-state index contributed by atoms with van der Waals surface area (Å²) in [5.74, 6) is 1.24. The summed E-state index contributed by atoms with van der Waals surface area (Å²) in [4.78, 5) is 12.1. The monoisotopic (exact) mass is 394 g/mol. The Morgan fingerprint density at radius 2 is 1.67 bits per heavy atom. The van der Waals surface area contributed by atoms with Crippen LogP contribution in [-0.4, -0.2) is 33.8 Å². The van der Waals surface area contributed by atoms with Crippen LogP contribution in [0.15, 0.2) is 40.9 Å². The lowest BCUT2D eigenvalue weighted by Crippen LogP contribution is -2.22. The molecule has 0 aliphatic heterocycles. The van der Waals surface area contributed by atoms with Gasteiger partial charge in [-0.15, -0.1) is 0 Å². The molecule has 2 rings (SSSR count). The molecule has 0 fully saturated rings. The van der Waals surface area contributed by atoms with E-state index in [4.69, 9.17) is 14.2 Å². The van der Waals surface area contributed by atoms with Gasteiger partial charge in [0.25, 0.3) is 0 Å². The lowest BCUT2D eigenvalue weighted by Gasteiger charge is -2.15. The van der Waals surface area contributed by atoms with Crippen LogP contribution in [0.2, 0.25) is 0 Å². The van der Waals surface area contributed by atoms with E-state index in [2.05, 4.69) is 26.6 Å². The first-order valence-corrected chi connectivity index (χ1v) is 7.96. The molecule has 7 heteroatoms. The zero-order chi connectivity index (χ0) is 17.5. The van der Waals surface area contributed by atoms with Gasteiger partial charge in [-0.2, -0.15) is 0 Å². The minimum atomic E-state index is -0.194. The van der Waals surface area contributed by atoms with Crippen LogP contribution in [0.25, 0.3) is 0 Å².